The van der Waals surface area contributed by atoms with E-state index in [1.807, 2.05) is 37.6 Å². The number of pyridine rings is 1. The van der Waals surface area contributed by atoms with E-state index in [1.54, 1.807) is 10.9 Å². The molecule has 1 fully saturated rings. The monoisotopic (exact) mass is 356 g/mol. The summed E-state index contributed by atoms with van der Waals surface area (Å²) in [4.78, 5) is 11.0. The third kappa shape index (κ3) is 5.05. The van der Waals surface area contributed by atoms with Crippen LogP contribution in [0.4, 0.5) is 0 Å². The highest BCUT2D eigenvalue weighted by Gasteiger charge is 2.15. The fraction of sp³-hybridized carbons (Fsp3) is 0.526. The van der Waals surface area contributed by atoms with Gasteiger partial charge in [-0.25, -0.2) is 9.67 Å². The molecule has 1 aliphatic heterocycles. The molecule has 0 bridgehead atoms. The highest BCUT2D eigenvalue weighted by atomic mass is 16.5. The second-order valence-electron chi connectivity index (χ2n) is 6.64. The number of aromatic nitrogens is 3. The van der Waals surface area contributed by atoms with Crippen molar-refractivity contribution in [3.63, 3.8) is 0 Å². The molecule has 7 heteroatoms. The average molecular weight is 356 g/mol. The predicted octanol–water partition coefficient (Wildman–Crippen LogP) is 2.09. The first-order valence-electron chi connectivity index (χ1n) is 9.20. The standard InChI is InChI=1S/C19H28N6O/c1-20-19(24(2)11-5-16-6-12-26-13-7-16)22-15-17-4-9-21-18(14-17)25-10-3-8-23-25/h3-4,8-10,14,16H,5-7,11-13,15H2,1-2H3,(H,20,22). The second kappa shape index (κ2) is 9.33. The maximum atomic E-state index is 5.44. The zero-order chi connectivity index (χ0) is 18.2. The summed E-state index contributed by atoms with van der Waals surface area (Å²) in [6.45, 7) is 3.51. The van der Waals surface area contributed by atoms with Crippen molar-refractivity contribution in [2.75, 3.05) is 33.9 Å². The molecule has 1 saturated heterocycles. The summed E-state index contributed by atoms with van der Waals surface area (Å²) in [5.41, 5.74) is 1.14. The van der Waals surface area contributed by atoms with Crippen LogP contribution in [0.25, 0.3) is 5.82 Å². The summed E-state index contributed by atoms with van der Waals surface area (Å²) in [6, 6.07) is 5.94. The van der Waals surface area contributed by atoms with Gasteiger partial charge < -0.3 is 15.0 Å². The summed E-state index contributed by atoms with van der Waals surface area (Å²) in [7, 11) is 3.92. The topological polar surface area (TPSA) is 67.6 Å². The largest absolute Gasteiger partial charge is 0.381 e. The Morgan fingerprint density at radius 3 is 2.96 bits per heavy atom. The van der Waals surface area contributed by atoms with Gasteiger partial charge in [-0.2, -0.15) is 5.10 Å². The van der Waals surface area contributed by atoms with Crippen LogP contribution in [0.3, 0.4) is 0 Å². The van der Waals surface area contributed by atoms with Crippen LogP contribution in [0.5, 0.6) is 0 Å². The smallest absolute Gasteiger partial charge is 0.193 e. The fourth-order valence-corrected chi connectivity index (χ4v) is 3.18. The molecule has 0 amide bonds. The van der Waals surface area contributed by atoms with Crippen molar-refractivity contribution in [3.8, 4) is 5.82 Å². The van der Waals surface area contributed by atoms with E-state index in [-0.39, 0.29) is 0 Å². The molecule has 1 aliphatic rings. The lowest BCUT2D eigenvalue weighted by Crippen LogP contribution is -2.39. The molecular weight excluding hydrogens is 328 g/mol. The van der Waals surface area contributed by atoms with Crippen LogP contribution >= 0.6 is 0 Å². The van der Waals surface area contributed by atoms with Crippen molar-refractivity contribution in [2.45, 2.75) is 25.8 Å². The molecule has 3 rings (SSSR count). The van der Waals surface area contributed by atoms with Crippen LogP contribution in [0.2, 0.25) is 0 Å². The Labute approximate surface area is 155 Å². The van der Waals surface area contributed by atoms with Gasteiger partial charge in [-0.3, -0.25) is 4.99 Å². The maximum absolute atomic E-state index is 5.44. The first kappa shape index (κ1) is 18.4. The quantitative estimate of drug-likeness (QED) is 0.634. The highest BCUT2D eigenvalue weighted by molar-refractivity contribution is 5.79. The van der Waals surface area contributed by atoms with Gasteiger partial charge in [-0.1, -0.05) is 0 Å². The van der Waals surface area contributed by atoms with Crippen molar-refractivity contribution in [3.05, 3.63) is 42.4 Å². The van der Waals surface area contributed by atoms with E-state index in [4.69, 9.17) is 4.74 Å². The Morgan fingerprint density at radius 1 is 1.38 bits per heavy atom. The van der Waals surface area contributed by atoms with Gasteiger partial charge in [0.05, 0.1) is 0 Å². The zero-order valence-corrected chi connectivity index (χ0v) is 15.6. The van der Waals surface area contributed by atoms with Gasteiger partial charge in [0.1, 0.15) is 0 Å². The average Bonchev–Trinajstić information content (AvgIpc) is 3.23. The number of ether oxygens (including phenoxy) is 1. The van der Waals surface area contributed by atoms with Gasteiger partial charge in [0, 0.05) is 59.0 Å². The van der Waals surface area contributed by atoms with Crippen LogP contribution in [0.1, 0.15) is 24.8 Å². The third-order valence-electron chi connectivity index (χ3n) is 4.79. The van der Waals surface area contributed by atoms with Crippen LogP contribution in [0.15, 0.2) is 41.8 Å². The molecular formula is C19H28N6O. The molecule has 140 valence electrons. The molecule has 2 aromatic heterocycles. The van der Waals surface area contributed by atoms with Crippen LogP contribution < -0.4 is 5.32 Å². The van der Waals surface area contributed by atoms with E-state index in [1.165, 1.54) is 19.3 Å². The molecule has 2 aromatic rings. The molecule has 0 radical (unpaired) electrons. The Hall–Kier alpha value is -2.41. The van der Waals surface area contributed by atoms with E-state index < -0.39 is 0 Å². The minimum atomic E-state index is 0.699. The van der Waals surface area contributed by atoms with Crippen LogP contribution in [-0.2, 0) is 11.3 Å². The van der Waals surface area contributed by atoms with Gasteiger partial charge in [-0.05, 0) is 48.9 Å². The summed E-state index contributed by atoms with van der Waals surface area (Å²) in [5.74, 6) is 2.49. The molecule has 7 nitrogen and oxygen atoms in total. The fourth-order valence-electron chi connectivity index (χ4n) is 3.18. The summed E-state index contributed by atoms with van der Waals surface area (Å²) < 4.78 is 7.20. The van der Waals surface area contributed by atoms with Crippen molar-refractivity contribution in [2.24, 2.45) is 10.9 Å². The number of hydrogen-bond donors (Lipinski definition) is 1. The Bertz CT molecular complexity index is 694. The Balaban J connectivity index is 1.51. The van der Waals surface area contributed by atoms with E-state index in [9.17, 15) is 0 Å². The SMILES string of the molecule is CN=C(NCc1ccnc(-n2cccn2)c1)N(C)CCC1CCOCC1. The summed E-state index contributed by atoms with van der Waals surface area (Å²) in [6.07, 6.45) is 8.98. The maximum Gasteiger partial charge on any atom is 0.193 e. The molecule has 0 spiro atoms. The summed E-state index contributed by atoms with van der Waals surface area (Å²) in [5, 5.41) is 7.67. The second-order valence-corrected chi connectivity index (χ2v) is 6.64. The Morgan fingerprint density at radius 2 is 2.23 bits per heavy atom. The molecule has 0 aliphatic carbocycles. The van der Waals surface area contributed by atoms with Gasteiger partial charge in [0.15, 0.2) is 11.8 Å². The van der Waals surface area contributed by atoms with Crippen LogP contribution in [0, 0.1) is 5.92 Å². The third-order valence-corrected chi connectivity index (χ3v) is 4.79. The number of nitrogens with one attached hydrogen (secondary N) is 1. The van der Waals surface area contributed by atoms with Gasteiger partial charge in [0.25, 0.3) is 0 Å². The van der Waals surface area contributed by atoms with E-state index in [0.717, 1.165) is 43.0 Å². The molecule has 0 saturated carbocycles. The van der Waals surface area contributed by atoms with E-state index >= 15 is 0 Å². The summed E-state index contributed by atoms with van der Waals surface area (Å²) >= 11 is 0. The van der Waals surface area contributed by atoms with Crippen molar-refractivity contribution < 1.29 is 4.74 Å². The molecule has 0 atom stereocenters. The lowest BCUT2D eigenvalue weighted by molar-refractivity contribution is 0.0625. The molecule has 0 aromatic carbocycles. The molecule has 3 heterocycles. The molecule has 26 heavy (non-hydrogen) atoms. The first-order valence-corrected chi connectivity index (χ1v) is 9.20. The van der Waals surface area contributed by atoms with Crippen molar-refractivity contribution in [1.29, 1.82) is 0 Å². The van der Waals surface area contributed by atoms with E-state index in [2.05, 4.69) is 32.3 Å². The molecule has 0 unspecified atom stereocenters. The normalized spacial score (nSPS) is 15.8. The van der Waals surface area contributed by atoms with Crippen molar-refractivity contribution in [1.82, 2.24) is 25.0 Å². The Kier molecular flexibility index (Phi) is 6.60. The van der Waals surface area contributed by atoms with Crippen LogP contribution in [-0.4, -0.2) is 59.5 Å². The molecule has 1 N–H and O–H groups in total. The zero-order valence-electron chi connectivity index (χ0n) is 15.6. The van der Waals surface area contributed by atoms with E-state index in [0.29, 0.717) is 6.54 Å². The predicted molar refractivity (Wildman–Crippen MR) is 102 cm³/mol. The minimum absolute atomic E-state index is 0.699. The lowest BCUT2D eigenvalue weighted by atomic mass is 9.96. The number of rotatable bonds is 6. The first-order chi connectivity index (χ1) is 12.8. The van der Waals surface area contributed by atoms with Gasteiger partial charge >= 0.3 is 0 Å². The highest BCUT2D eigenvalue weighted by Crippen LogP contribution is 2.18. The van der Waals surface area contributed by atoms with Gasteiger partial charge in [0.2, 0.25) is 0 Å². The number of hydrogen-bond acceptors (Lipinski definition) is 4. The number of aliphatic imine (C=N–C) groups is 1. The van der Waals surface area contributed by atoms with Crippen molar-refractivity contribution >= 4 is 5.96 Å². The van der Waals surface area contributed by atoms with Gasteiger partial charge in [-0.15, -0.1) is 0 Å². The number of guanidine groups is 1. The lowest BCUT2D eigenvalue weighted by Gasteiger charge is -2.26. The minimum Gasteiger partial charge on any atom is -0.381 e. The number of nitrogens with zero attached hydrogens (tertiary/aromatic N) is 5.